The van der Waals surface area contributed by atoms with Gasteiger partial charge < -0.3 is 4.98 Å². The molecule has 0 radical (unpaired) electrons. The molecule has 18 heavy (non-hydrogen) atoms. The largest absolute Gasteiger partial charge is 0.325 e. The van der Waals surface area contributed by atoms with Crippen LogP contribution in [0.4, 0.5) is 0 Å². The van der Waals surface area contributed by atoms with Gasteiger partial charge in [-0.3, -0.25) is 14.9 Å². The normalized spacial score (nSPS) is 11.6. The van der Waals surface area contributed by atoms with Crippen LogP contribution in [0.2, 0.25) is 0 Å². The molecule has 0 aliphatic heterocycles. The Balaban J connectivity index is 2.26. The smallest absolute Gasteiger partial charge is 0.313 e. The molecule has 0 saturated heterocycles. The molecule has 0 saturated carbocycles. The minimum atomic E-state index is -3.99. The van der Waals surface area contributed by atoms with Crippen molar-refractivity contribution in [3.8, 4) is 0 Å². The minimum Gasteiger partial charge on any atom is -0.313 e. The number of nitrogens with zero attached hydrogens (tertiary/aromatic N) is 1. The molecule has 10 heteroatoms. The average molecular weight is 271 g/mol. The topological polar surface area (TPSA) is 141 Å². The van der Waals surface area contributed by atoms with Gasteiger partial charge in [0.1, 0.15) is 0 Å². The van der Waals surface area contributed by atoms with Gasteiger partial charge in [-0.05, 0) is 0 Å². The summed E-state index contributed by atoms with van der Waals surface area (Å²) in [4.78, 5) is 25.5. The molecule has 0 atom stereocenters. The van der Waals surface area contributed by atoms with Crippen molar-refractivity contribution in [3.63, 3.8) is 0 Å². The SMILES string of the molecule is O=c1[nH]cc(S(=O)(=O)NCc2cn[nH]c2)c(=O)[nH]1. The van der Waals surface area contributed by atoms with Crippen molar-refractivity contribution < 1.29 is 8.42 Å². The fourth-order valence-corrected chi connectivity index (χ4v) is 2.25. The Kier molecular flexibility index (Phi) is 3.12. The number of H-pyrrole nitrogens is 3. The molecule has 0 aliphatic rings. The van der Waals surface area contributed by atoms with Crippen molar-refractivity contribution in [1.82, 2.24) is 24.9 Å². The van der Waals surface area contributed by atoms with Crippen LogP contribution in [-0.4, -0.2) is 28.6 Å². The molecular formula is C8H9N5O4S. The summed E-state index contributed by atoms with van der Waals surface area (Å²) in [5, 5.41) is 6.17. The van der Waals surface area contributed by atoms with Crippen LogP contribution in [0, 0.1) is 0 Å². The number of hydrogen-bond acceptors (Lipinski definition) is 5. The molecule has 0 aliphatic carbocycles. The fraction of sp³-hybridized carbons (Fsp3) is 0.125. The third-order valence-electron chi connectivity index (χ3n) is 2.10. The van der Waals surface area contributed by atoms with Gasteiger partial charge >= 0.3 is 5.69 Å². The summed E-state index contributed by atoms with van der Waals surface area (Å²) in [7, 11) is -3.99. The summed E-state index contributed by atoms with van der Waals surface area (Å²) in [6, 6.07) is 0. The highest BCUT2D eigenvalue weighted by Crippen LogP contribution is 2.00. The third-order valence-corrected chi connectivity index (χ3v) is 3.50. The van der Waals surface area contributed by atoms with Crippen LogP contribution in [0.3, 0.4) is 0 Å². The second kappa shape index (κ2) is 4.58. The quantitative estimate of drug-likeness (QED) is 0.522. The van der Waals surface area contributed by atoms with Crippen LogP contribution in [0.25, 0.3) is 0 Å². The summed E-state index contributed by atoms with van der Waals surface area (Å²) < 4.78 is 25.8. The molecular weight excluding hydrogens is 262 g/mol. The second-order valence-electron chi connectivity index (χ2n) is 3.37. The summed E-state index contributed by atoms with van der Waals surface area (Å²) >= 11 is 0. The number of rotatable bonds is 4. The van der Waals surface area contributed by atoms with Gasteiger partial charge in [-0.2, -0.15) is 5.10 Å². The summed E-state index contributed by atoms with van der Waals surface area (Å²) in [6.45, 7) is -0.0165. The molecule has 0 fully saturated rings. The van der Waals surface area contributed by atoms with E-state index in [1.807, 2.05) is 4.98 Å². The van der Waals surface area contributed by atoms with Crippen molar-refractivity contribution in [1.29, 1.82) is 0 Å². The van der Waals surface area contributed by atoms with Crippen LogP contribution in [0.15, 0.2) is 33.1 Å². The first-order valence-electron chi connectivity index (χ1n) is 4.78. The van der Waals surface area contributed by atoms with Crippen molar-refractivity contribution in [2.75, 3.05) is 0 Å². The van der Waals surface area contributed by atoms with Crippen molar-refractivity contribution >= 4 is 10.0 Å². The van der Waals surface area contributed by atoms with Gasteiger partial charge in [0.25, 0.3) is 5.56 Å². The highest BCUT2D eigenvalue weighted by atomic mass is 32.2. The second-order valence-corrected chi connectivity index (χ2v) is 5.10. The average Bonchev–Trinajstić information content (AvgIpc) is 2.78. The first-order valence-corrected chi connectivity index (χ1v) is 6.27. The minimum absolute atomic E-state index is 0.0165. The van der Waals surface area contributed by atoms with Crippen LogP contribution < -0.4 is 16.0 Å². The first-order chi connectivity index (χ1) is 8.49. The number of aromatic amines is 3. The zero-order chi connectivity index (χ0) is 13.2. The van der Waals surface area contributed by atoms with Gasteiger partial charge in [0.15, 0.2) is 4.90 Å². The number of sulfonamides is 1. The Hall–Kier alpha value is -2.20. The van der Waals surface area contributed by atoms with E-state index < -0.39 is 26.2 Å². The predicted octanol–water partition coefficient (Wildman–Crippen LogP) is -1.74. The molecule has 9 nitrogen and oxygen atoms in total. The maximum absolute atomic E-state index is 11.8. The van der Waals surface area contributed by atoms with Gasteiger partial charge in [0.05, 0.1) is 6.20 Å². The van der Waals surface area contributed by atoms with Gasteiger partial charge in [-0.25, -0.2) is 17.9 Å². The maximum Gasteiger partial charge on any atom is 0.325 e. The first kappa shape index (κ1) is 12.3. The molecule has 96 valence electrons. The Bertz CT molecular complexity index is 742. The van der Waals surface area contributed by atoms with Crippen LogP contribution >= 0.6 is 0 Å². The molecule has 0 aromatic carbocycles. The molecule has 2 rings (SSSR count). The Morgan fingerprint density at radius 2 is 2.06 bits per heavy atom. The fourth-order valence-electron chi connectivity index (χ4n) is 1.23. The standard InChI is InChI=1S/C8H9N5O4S/c14-7-6(4-9-8(15)13-7)18(16,17)12-3-5-1-10-11-2-5/h1-2,4,12H,3H2,(H,10,11)(H2,9,13,14,15). The van der Waals surface area contributed by atoms with E-state index in [2.05, 4.69) is 19.9 Å². The van der Waals surface area contributed by atoms with Crippen LogP contribution in [-0.2, 0) is 16.6 Å². The Labute approximate surface area is 100 Å². The van der Waals surface area contributed by atoms with E-state index in [-0.39, 0.29) is 6.54 Å². The lowest BCUT2D eigenvalue weighted by atomic mass is 10.4. The molecule has 0 spiro atoms. The van der Waals surface area contributed by atoms with E-state index in [4.69, 9.17) is 0 Å². The molecule has 0 unspecified atom stereocenters. The zero-order valence-electron chi connectivity index (χ0n) is 8.93. The van der Waals surface area contributed by atoms with E-state index in [1.165, 1.54) is 12.4 Å². The highest BCUT2D eigenvalue weighted by molar-refractivity contribution is 7.89. The monoisotopic (exact) mass is 271 g/mol. The van der Waals surface area contributed by atoms with Gasteiger partial charge in [0, 0.05) is 24.5 Å². The number of aromatic nitrogens is 4. The lowest BCUT2D eigenvalue weighted by molar-refractivity contribution is 0.579. The molecule has 2 aromatic heterocycles. The maximum atomic E-state index is 11.8. The van der Waals surface area contributed by atoms with E-state index in [0.717, 1.165) is 6.20 Å². The molecule has 0 bridgehead atoms. The van der Waals surface area contributed by atoms with E-state index in [0.29, 0.717) is 5.56 Å². The van der Waals surface area contributed by atoms with Crippen LogP contribution in [0.1, 0.15) is 5.56 Å². The number of nitrogens with one attached hydrogen (secondary N) is 4. The van der Waals surface area contributed by atoms with Crippen molar-refractivity contribution in [2.45, 2.75) is 11.4 Å². The summed E-state index contributed by atoms with van der Waals surface area (Å²) in [5.41, 5.74) is -1.13. The zero-order valence-corrected chi connectivity index (χ0v) is 9.74. The lowest BCUT2D eigenvalue weighted by Crippen LogP contribution is -2.32. The highest BCUT2D eigenvalue weighted by Gasteiger charge is 2.18. The molecule has 2 aromatic rings. The van der Waals surface area contributed by atoms with Crippen LogP contribution in [0.5, 0.6) is 0 Å². The molecule has 4 N–H and O–H groups in total. The van der Waals surface area contributed by atoms with E-state index >= 15 is 0 Å². The molecule has 0 amide bonds. The predicted molar refractivity (Wildman–Crippen MR) is 60.3 cm³/mol. The van der Waals surface area contributed by atoms with Gasteiger partial charge in [-0.1, -0.05) is 0 Å². The van der Waals surface area contributed by atoms with E-state index in [9.17, 15) is 18.0 Å². The molecule has 2 heterocycles. The summed E-state index contributed by atoms with van der Waals surface area (Å²) in [6.07, 6.45) is 3.80. The lowest BCUT2D eigenvalue weighted by Gasteiger charge is -2.03. The summed E-state index contributed by atoms with van der Waals surface area (Å²) in [5.74, 6) is 0. The van der Waals surface area contributed by atoms with Gasteiger partial charge in [0.2, 0.25) is 10.0 Å². The van der Waals surface area contributed by atoms with Crippen molar-refractivity contribution in [2.24, 2.45) is 0 Å². The number of hydrogen-bond donors (Lipinski definition) is 4. The Morgan fingerprint density at radius 1 is 1.28 bits per heavy atom. The van der Waals surface area contributed by atoms with Crippen molar-refractivity contribution in [3.05, 3.63) is 45.0 Å². The third kappa shape index (κ3) is 2.55. The van der Waals surface area contributed by atoms with Gasteiger partial charge in [-0.15, -0.1) is 0 Å². The van der Waals surface area contributed by atoms with E-state index in [1.54, 1.807) is 0 Å². The Morgan fingerprint density at radius 3 is 2.67 bits per heavy atom.